The number of fused-ring (bicyclic) bond motifs is 1. The molecule has 0 aromatic carbocycles. The second kappa shape index (κ2) is 2.24. The van der Waals surface area contributed by atoms with Crippen molar-refractivity contribution in [1.82, 2.24) is 4.98 Å². The van der Waals surface area contributed by atoms with E-state index in [1.165, 1.54) is 12.4 Å². The molecule has 1 aromatic rings. The first-order valence-electron chi connectivity index (χ1n) is 3.74. The van der Waals surface area contributed by atoms with Gasteiger partial charge in [0.1, 0.15) is 0 Å². The predicted molar refractivity (Wildman–Crippen MR) is 42.1 cm³/mol. The Labute approximate surface area is 69.4 Å². The lowest BCUT2D eigenvalue weighted by molar-refractivity contribution is 0.0852. The van der Waals surface area contributed by atoms with Crippen molar-refractivity contribution in [3.8, 4) is 0 Å². The van der Waals surface area contributed by atoms with Gasteiger partial charge in [-0.25, -0.2) is 0 Å². The molecular formula is C9H7NO2. The van der Waals surface area contributed by atoms with Gasteiger partial charge < -0.3 is 0 Å². The summed E-state index contributed by atoms with van der Waals surface area (Å²) in [4.78, 5) is 26.5. The normalized spacial score (nSPS) is 21.2. The van der Waals surface area contributed by atoms with Gasteiger partial charge in [-0.1, -0.05) is 0 Å². The Balaban J connectivity index is 2.67. The summed E-state index contributed by atoms with van der Waals surface area (Å²) < 4.78 is 0. The molecule has 0 saturated heterocycles. The third kappa shape index (κ3) is 0.733. The van der Waals surface area contributed by atoms with Gasteiger partial charge in [0.05, 0.1) is 5.92 Å². The highest BCUT2D eigenvalue weighted by molar-refractivity contribution is 6.25. The SMILES string of the molecule is CC1C(=O)c2ccncc2C1=O. The summed E-state index contributed by atoms with van der Waals surface area (Å²) in [5.74, 6) is -0.704. The van der Waals surface area contributed by atoms with Crippen molar-refractivity contribution in [2.45, 2.75) is 6.92 Å². The maximum absolute atomic E-state index is 11.4. The molecule has 0 aliphatic heterocycles. The van der Waals surface area contributed by atoms with Crippen LogP contribution >= 0.6 is 0 Å². The highest BCUT2D eigenvalue weighted by Gasteiger charge is 2.34. The van der Waals surface area contributed by atoms with Crippen molar-refractivity contribution < 1.29 is 9.59 Å². The van der Waals surface area contributed by atoms with Crippen LogP contribution < -0.4 is 0 Å². The topological polar surface area (TPSA) is 47.0 Å². The fourth-order valence-electron chi connectivity index (χ4n) is 1.39. The Morgan fingerprint density at radius 3 is 2.58 bits per heavy atom. The lowest BCUT2D eigenvalue weighted by Gasteiger charge is -1.92. The van der Waals surface area contributed by atoms with Gasteiger partial charge in [0.15, 0.2) is 11.6 Å². The Kier molecular flexibility index (Phi) is 1.33. The van der Waals surface area contributed by atoms with Gasteiger partial charge in [0.2, 0.25) is 0 Å². The minimum atomic E-state index is -0.510. The lowest BCUT2D eigenvalue weighted by Crippen LogP contribution is -2.09. The third-order valence-electron chi connectivity index (χ3n) is 2.14. The van der Waals surface area contributed by atoms with Crippen LogP contribution in [0.1, 0.15) is 27.6 Å². The number of rotatable bonds is 0. The van der Waals surface area contributed by atoms with Crippen molar-refractivity contribution in [3.63, 3.8) is 0 Å². The van der Waals surface area contributed by atoms with Gasteiger partial charge >= 0.3 is 0 Å². The van der Waals surface area contributed by atoms with Crippen LogP contribution in [0.5, 0.6) is 0 Å². The Morgan fingerprint density at radius 1 is 1.25 bits per heavy atom. The molecule has 0 saturated carbocycles. The van der Waals surface area contributed by atoms with Gasteiger partial charge in [-0.3, -0.25) is 14.6 Å². The number of hydrogen-bond acceptors (Lipinski definition) is 3. The quantitative estimate of drug-likeness (QED) is 0.535. The zero-order valence-electron chi connectivity index (χ0n) is 6.57. The predicted octanol–water partition coefficient (Wildman–Crippen LogP) is 1.10. The number of carbonyl (C=O) groups is 2. The molecule has 1 aliphatic rings. The summed E-state index contributed by atoms with van der Waals surface area (Å²) in [6, 6.07) is 1.60. The molecule has 1 heterocycles. The summed E-state index contributed by atoms with van der Waals surface area (Å²) in [6.45, 7) is 1.63. The number of aromatic nitrogens is 1. The van der Waals surface area contributed by atoms with Crippen molar-refractivity contribution >= 4 is 11.6 Å². The summed E-state index contributed by atoms with van der Waals surface area (Å²) in [5, 5.41) is 0. The first-order valence-corrected chi connectivity index (χ1v) is 3.74. The zero-order chi connectivity index (χ0) is 8.72. The van der Waals surface area contributed by atoms with Gasteiger partial charge in [-0.15, -0.1) is 0 Å². The molecule has 2 rings (SSSR count). The highest BCUT2D eigenvalue weighted by Crippen LogP contribution is 2.24. The molecule has 0 spiro atoms. The molecule has 1 atom stereocenters. The number of ketones is 2. The van der Waals surface area contributed by atoms with Crippen molar-refractivity contribution in [3.05, 3.63) is 29.6 Å². The molecule has 0 N–H and O–H groups in total. The lowest BCUT2D eigenvalue weighted by atomic mass is 10.1. The fraction of sp³-hybridized carbons (Fsp3) is 0.222. The summed E-state index contributed by atoms with van der Waals surface area (Å²) in [6.07, 6.45) is 2.99. The van der Waals surface area contributed by atoms with Gasteiger partial charge in [0, 0.05) is 23.5 Å². The van der Waals surface area contributed by atoms with E-state index in [2.05, 4.69) is 4.98 Å². The number of hydrogen-bond donors (Lipinski definition) is 0. The van der Waals surface area contributed by atoms with E-state index in [0.717, 1.165) is 0 Å². The molecule has 0 radical (unpaired) electrons. The Bertz CT molecular complexity index is 336. The van der Waals surface area contributed by atoms with Crippen LogP contribution in [0.25, 0.3) is 0 Å². The van der Waals surface area contributed by atoms with E-state index in [9.17, 15) is 9.59 Å². The average molecular weight is 161 g/mol. The van der Waals surface area contributed by atoms with Crippen LogP contribution in [-0.4, -0.2) is 16.6 Å². The number of nitrogens with zero attached hydrogens (tertiary/aromatic N) is 1. The molecular weight excluding hydrogens is 154 g/mol. The van der Waals surface area contributed by atoms with E-state index >= 15 is 0 Å². The summed E-state index contributed by atoms with van der Waals surface area (Å²) in [5.41, 5.74) is 0.984. The smallest absolute Gasteiger partial charge is 0.175 e. The number of Topliss-reactive ketones (excluding diaryl/α,β-unsaturated/α-hetero) is 2. The van der Waals surface area contributed by atoms with Crippen LogP contribution in [0.4, 0.5) is 0 Å². The second-order valence-electron chi connectivity index (χ2n) is 2.87. The molecule has 12 heavy (non-hydrogen) atoms. The molecule has 3 heteroatoms. The van der Waals surface area contributed by atoms with Crippen molar-refractivity contribution in [2.24, 2.45) is 5.92 Å². The van der Waals surface area contributed by atoms with Gasteiger partial charge in [-0.05, 0) is 13.0 Å². The molecule has 0 amide bonds. The van der Waals surface area contributed by atoms with E-state index in [1.54, 1.807) is 13.0 Å². The monoisotopic (exact) mass is 161 g/mol. The molecule has 1 aliphatic carbocycles. The molecule has 1 unspecified atom stereocenters. The zero-order valence-corrected chi connectivity index (χ0v) is 6.57. The second-order valence-corrected chi connectivity index (χ2v) is 2.87. The molecule has 3 nitrogen and oxygen atoms in total. The van der Waals surface area contributed by atoms with Crippen molar-refractivity contribution in [2.75, 3.05) is 0 Å². The van der Waals surface area contributed by atoms with Crippen LogP contribution in [0, 0.1) is 5.92 Å². The molecule has 0 bridgehead atoms. The molecule has 60 valence electrons. The van der Waals surface area contributed by atoms with Crippen molar-refractivity contribution in [1.29, 1.82) is 0 Å². The minimum absolute atomic E-state index is 0.0857. The van der Waals surface area contributed by atoms with E-state index < -0.39 is 5.92 Å². The van der Waals surface area contributed by atoms with Crippen LogP contribution in [0.3, 0.4) is 0 Å². The van der Waals surface area contributed by atoms with E-state index in [1.807, 2.05) is 0 Å². The first-order chi connectivity index (χ1) is 5.72. The van der Waals surface area contributed by atoms with Crippen LogP contribution in [0.2, 0.25) is 0 Å². The van der Waals surface area contributed by atoms with E-state index in [0.29, 0.717) is 11.1 Å². The number of carbonyl (C=O) groups excluding carboxylic acids is 2. The largest absolute Gasteiger partial charge is 0.293 e. The first kappa shape index (κ1) is 7.16. The van der Waals surface area contributed by atoms with Crippen LogP contribution in [-0.2, 0) is 0 Å². The van der Waals surface area contributed by atoms with Gasteiger partial charge in [-0.2, -0.15) is 0 Å². The number of pyridine rings is 1. The highest BCUT2D eigenvalue weighted by atomic mass is 16.2. The third-order valence-corrected chi connectivity index (χ3v) is 2.14. The summed E-state index contributed by atoms with van der Waals surface area (Å²) in [7, 11) is 0. The van der Waals surface area contributed by atoms with Gasteiger partial charge in [0.25, 0.3) is 0 Å². The van der Waals surface area contributed by atoms with E-state index in [-0.39, 0.29) is 11.6 Å². The Morgan fingerprint density at radius 2 is 1.92 bits per heavy atom. The maximum atomic E-state index is 11.4. The van der Waals surface area contributed by atoms with E-state index in [4.69, 9.17) is 0 Å². The van der Waals surface area contributed by atoms with Crippen LogP contribution in [0.15, 0.2) is 18.5 Å². The molecule has 1 aromatic heterocycles. The summed E-state index contributed by atoms with van der Waals surface area (Å²) >= 11 is 0. The maximum Gasteiger partial charge on any atom is 0.175 e. The average Bonchev–Trinajstić information content (AvgIpc) is 2.33. The standard InChI is InChI=1S/C9H7NO2/c1-5-8(11)6-2-3-10-4-7(6)9(5)12/h2-5H,1H3. The fourth-order valence-corrected chi connectivity index (χ4v) is 1.39. The Hall–Kier alpha value is -1.51. The minimum Gasteiger partial charge on any atom is -0.293 e. The molecule has 0 fully saturated rings.